The van der Waals surface area contributed by atoms with Crippen molar-refractivity contribution in [1.29, 1.82) is 0 Å². The molecule has 0 bridgehead atoms. The molecule has 0 aromatic heterocycles. The lowest BCUT2D eigenvalue weighted by atomic mass is 9.98. The lowest BCUT2D eigenvalue weighted by Gasteiger charge is -2.11. The number of hydrogen-bond donors (Lipinski definition) is 1. The first-order valence-electron chi connectivity index (χ1n) is 5.97. The Morgan fingerprint density at radius 1 is 1.56 bits per heavy atom. The highest BCUT2D eigenvalue weighted by atomic mass is 16.7. The predicted molar refractivity (Wildman–Crippen MR) is 61.9 cm³/mol. The fourth-order valence-corrected chi connectivity index (χ4v) is 2.36. The summed E-state index contributed by atoms with van der Waals surface area (Å²) in [5, 5.41) is 8.82. The van der Waals surface area contributed by atoms with Gasteiger partial charge in [0.25, 0.3) is 0 Å². The first-order chi connectivity index (χ1) is 8.65. The van der Waals surface area contributed by atoms with Gasteiger partial charge < -0.3 is 19.3 Å². The maximum Gasteiger partial charge on any atom is 0.344 e. The molecule has 1 fully saturated rings. The van der Waals surface area contributed by atoms with Crippen LogP contribution in [0.2, 0.25) is 0 Å². The van der Waals surface area contributed by atoms with E-state index in [2.05, 4.69) is 0 Å². The zero-order valence-electron chi connectivity index (χ0n) is 9.96. The minimum absolute atomic E-state index is 0.188. The summed E-state index contributed by atoms with van der Waals surface area (Å²) < 4.78 is 16.5. The molecule has 18 heavy (non-hydrogen) atoms. The number of hydrogen-bond acceptors (Lipinski definition) is 4. The van der Waals surface area contributed by atoms with Gasteiger partial charge in [0.15, 0.2) is 6.10 Å². The van der Waals surface area contributed by atoms with E-state index in [0.717, 1.165) is 17.7 Å². The van der Waals surface area contributed by atoms with Crippen LogP contribution in [-0.4, -0.2) is 30.1 Å². The van der Waals surface area contributed by atoms with Gasteiger partial charge >= 0.3 is 5.97 Å². The maximum absolute atomic E-state index is 10.8. The van der Waals surface area contributed by atoms with E-state index in [4.69, 9.17) is 19.3 Å². The van der Waals surface area contributed by atoms with Crippen LogP contribution < -0.4 is 9.47 Å². The van der Waals surface area contributed by atoms with Crippen molar-refractivity contribution in [3.8, 4) is 11.5 Å². The molecule has 1 saturated heterocycles. The normalized spacial score (nSPS) is 26.1. The average molecular weight is 250 g/mol. The van der Waals surface area contributed by atoms with Crippen molar-refractivity contribution in [2.45, 2.75) is 31.7 Å². The second-order valence-electron chi connectivity index (χ2n) is 4.55. The summed E-state index contributed by atoms with van der Waals surface area (Å²) in [4.78, 5) is 10.8. The Morgan fingerprint density at radius 2 is 2.39 bits per heavy atom. The highest BCUT2D eigenvalue weighted by molar-refractivity contribution is 5.72. The van der Waals surface area contributed by atoms with Crippen molar-refractivity contribution in [3.63, 3.8) is 0 Å². The largest absolute Gasteiger partial charge is 0.479 e. The third kappa shape index (κ3) is 1.80. The van der Waals surface area contributed by atoms with Crippen LogP contribution in [0.25, 0.3) is 0 Å². The molecular formula is C13H14O5. The quantitative estimate of drug-likeness (QED) is 0.885. The van der Waals surface area contributed by atoms with E-state index in [1.54, 1.807) is 12.1 Å². The maximum atomic E-state index is 10.8. The van der Waals surface area contributed by atoms with Crippen molar-refractivity contribution < 1.29 is 24.1 Å². The van der Waals surface area contributed by atoms with Crippen molar-refractivity contribution in [3.05, 3.63) is 23.8 Å². The minimum Gasteiger partial charge on any atom is -0.479 e. The van der Waals surface area contributed by atoms with Crippen molar-refractivity contribution in [2.24, 2.45) is 0 Å². The molecule has 0 radical (unpaired) electrons. The molecule has 3 atom stereocenters. The third-order valence-corrected chi connectivity index (χ3v) is 3.32. The Hall–Kier alpha value is -1.75. The van der Waals surface area contributed by atoms with Crippen LogP contribution in [0.5, 0.6) is 11.5 Å². The molecule has 2 aliphatic rings. The van der Waals surface area contributed by atoms with Gasteiger partial charge in [-0.05, 0) is 31.5 Å². The molecule has 1 aromatic carbocycles. The summed E-state index contributed by atoms with van der Waals surface area (Å²) in [5.74, 6) is 0.623. The van der Waals surface area contributed by atoms with E-state index >= 15 is 0 Å². The van der Waals surface area contributed by atoms with Crippen LogP contribution >= 0.6 is 0 Å². The first-order valence-corrected chi connectivity index (χ1v) is 5.97. The van der Waals surface area contributed by atoms with E-state index in [-0.39, 0.29) is 12.2 Å². The highest BCUT2D eigenvalue weighted by Crippen LogP contribution is 2.45. The summed E-state index contributed by atoms with van der Waals surface area (Å²) in [6.45, 7) is 2.21. The lowest BCUT2D eigenvalue weighted by molar-refractivity contribution is -0.144. The summed E-state index contributed by atoms with van der Waals surface area (Å²) in [7, 11) is 0. The molecule has 5 heteroatoms. The van der Waals surface area contributed by atoms with Gasteiger partial charge in [-0.15, -0.1) is 0 Å². The number of carboxylic acid groups (broad SMARTS) is 1. The van der Waals surface area contributed by atoms with Gasteiger partial charge in [-0.25, -0.2) is 4.79 Å². The van der Waals surface area contributed by atoms with Gasteiger partial charge in [-0.2, -0.15) is 0 Å². The molecule has 3 unspecified atom stereocenters. The molecule has 0 aliphatic carbocycles. The van der Waals surface area contributed by atoms with Crippen LogP contribution in [0.4, 0.5) is 0 Å². The monoisotopic (exact) mass is 250 g/mol. The number of carboxylic acids is 1. The molecular weight excluding hydrogens is 236 g/mol. The summed E-state index contributed by atoms with van der Waals surface area (Å²) in [6.07, 6.45) is -0.122. The average Bonchev–Trinajstić information content (AvgIpc) is 2.89. The third-order valence-electron chi connectivity index (χ3n) is 3.32. The van der Waals surface area contributed by atoms with Crippen molar-refractivity contribution >= 4 is 5.97 Å². The number of carbonyl (C=O) groups is 1. The second kappa shape index (κ2) is 4.17. The highest BCUT2D eigenvalue weighted by Gasteiger charge is 2.39. The molecule has 0 saturated carbocycles. The number of benzene rings is 1. The Bertz CT molecular complexity index is 484. The summed E-state index contributed by atoms with van der Waals surface area (Å²) in [5.41, 5.74) is 1.05. The fourth-order valence-electron chi connectivity index (χ4n) is 2.36. The zero-order chi connectivity index (χ0) is 12.7. The Labute approximate surface area is 104 Å². The smallest absolute Gasteiger partial charge is 0.344 e. The molecule has 2 heterocycles. The molecule has 1 aromatic rings. The Balaban J connectivity index is 1.83. The van der Waals surface area contributed by atoms with Gasteiger partial charge in [-0.3, -0.25) is 0 Å². The first kappa shape index (κ1) is 11.3. The van der Waals surface area contributed by atoms with E-state index in [0.29, 0.717) is 12.4 Å². The van der Waals surface area contributed by atoms with Crippen molar-refractivity contribution in [1.82, 2.24) is 0 Å². The van der Waals surface area contributed by atoms with Gasteiger partial charge in [-0.1, -0.05) is 0 Å². The molecule has 5 nitrogen and oxygen atoms in total. The SMILES string of the molecule is CC(Oc1ccc2c(c1)C1CCOC1O2)C(=O)O. The van der Waals surface area contributed by atoms with Gasteiger partial charge in [0.1, 0.15) is 11.5 Å². The van der Waals surface area contributed by atoms with E-state index in [1.165, 1.54) is 6.92 Å². The predicted octanol–water partition coefficient (Wildman–Crippen LogP) is 1.76. The molecule has 0 amide bonds. The van der Waals surface area contributed by atoms with Gasteiger partial charge in [0.2, 0.25) is 6.29 Å². The van der Waals surface area contributed by atoms with E-state index in [9.17, 15) is 4.79 Å². The van der Waals surface area contributed by atoms with Crippen LogP contribution in [0.15, 0.2) is 18.2 Å². The number of ether oxygens (including phenoxy) is 3. The van der Waals surface area contributed by atoms with Crippen LogP contribution in [0, 0.1) is 0 Å². The number of rotatable bonds is 3. The minimum atomic E-state index is -0.978. The van der Waals surface area contributed by atoms with Crippen LogP contribution in [-0.2, 0) is 9.53 Å². The van der Waals surface area contributed by atoms with Crippen LogP contribution in [0.1, 0.15) is 24.8 Å². The van der Waals surface area contributed by atoms with E-state index in [1.807, 2.05) is 6.07 Å². The van der Waals surface area contributed by atoms with Gasteiger partial charge in [0.05, 0.1) is 12.5 Å². The second-order valence-corrected chi connectivity index (χ2v) is 4.55. The zero-order valence-corrected chi connectivity index (χ0v) is 9.96. The van der Waals surface area contributed by atoms with Gasteiger partial charge in [0, 0.05) is 5.56 Å². The fraction of sp³-hybridized carbons (Fsp3) is 0.462. The van der Waals surface area contributed by atoms with E-state index < -0.39 is 12.1 Å². The number of fused-ring (bicyclic) bond motifs is 3. The molecule has 0 spiro atoms. The van der Waals surface area contributed by atoms with Crippen LogP contribution in [0.3, 0.4) is 0 Å². The Kier molecular flexibility index (Phi) is 2.63. The number of aliphatic carboxylic acids is 1. The molecule has 1 N–H and O–H groups in total. The molecule has 2 aliphatic heterocycles. The molecule has 96 valence electrons. The molecule has 3 rings (SSSR count). The summed E-state index contributed by atoms with van der Waals surface area (Å²) >= 11 is 0. The lowest BCUT2D eigenvalue weighted by Crippen LogP contribution is -2.22. The standard InChI is InChI=1S/C13H14O5/c1-7(12(14)15)17-8-2-3-11-10(6-8)9-4-5-16-13(9)18-11/h2-3,6-7,9,13H,4-5H2,1H3,(H,14,15). The van der Waals surface area contributed by atoms with Crippen molar-refractivity contribution in [2.75, 3.05) is 6.61 Å². The topological polar surface area (TPSA) is 65.0 Å². The Morgan fingerprint density at radius 3 is 3.17 bits per heavy atom. The summed E-state index contributed by atoms with van der Waals surface area (Å²) in [6, 6.07) is 5.38.